The van der Waals surface area contributed by atoms with Crippen molar-refractivity contribution in [3.05, 3.63) is 0 Å². The second kappa shape index (κ2) is 10.2. The van der Waals surface area contributed by atoms with Crippen molar-refractivity contribution in [3.8, 4) is 6.07 Å². The molecule has 0 aromatic carbocycles. The number of hydrogen-bond acceptors (Lipinski definition) is 5. The van der Waals surface area contributed by atoms with Crippen molar-refractivity contribution in [2.75, 3.05) is 13.2 Å². The number of ether oxygens (including phenoxy) is 2. The third-order valence-corrected chi connectivity index (χ3v) is 3.58. The molecule has 0 radical (unpaired) electrons. The Bertz CT molecular complexity index is 400. The van der Waals surface area contributed by atoms with E-state index in [-0.39, 0.29) is 25.6 Å². The summed E-state index contributed by atoms with van der Waals surface area (Å²) in [6.45, 7) is 9.68. The zero-order chi connectivity index (χ0) is 17.2. The molecule has 0 aliphatic rings. The summed E-state index contributed by atoms with van der Waals surface area (Å²) in [5.74, 6) is -1.78. The van der Waals surface area contributed by atoms with E-state index in [4.69, 9.17) is 9.47 Å². The van der Waals surface area contributed by atoms with Gasteiger partial charge in [0.2, 0.25) is 0 Å². The van der Waals surface area contributed by atoms with E-state index in [0.717, 1.165) is 12.8 Å². The summed E-state index contributed by atoms with van der Waals surface area (Å²) < 4.78 is 10.2. The molecule has 0 aromatic heterocycles. The fourth-order valence-corrected chi connectivity index (χ4v) is 2.66. The lowest BCUT2D eigenvalue weighted by molar-refractivity contribution is -0.166. The van der Waals surface area contributed by atoms with E-state index >= 15 is 0 Å². The van der Waals surface area contributed by atoms with Crippen molar-refractivity contribution in [1.29, 1.82) is 5.26 Å². The fourth-order valence-electron chi connectivity index (χ4n) is 2.66. The van der Waals surface area contributed by atoms with Gasteiger partial charge in [-0.15, -0.1) is 0 Å². The molecule has 0 amide bonds. The molecular formula is C17H29NO4. The monoisotopic (exact) mass is 311 g/mol. The van der Waals surface area contributed by atoms with Crippen molar-refractivity contribution >= 4 is 11.9 Å². The van der Waals surface area contributed by atoms with Crippen LogP contribution in [0.4, 0.5) is 0 Å². The number of carbonyl (C=O) groups is 2. The fraction of sp³-hybridized carbons (Fsp3) is 0.824. The highest BCUT2D eigenvalue weighted by Crippen LogP contribution is 2.39. The average Bonchev–Trinajstić information content (AvgIpc) is 2.46. The van der Waals surface area contributed by atoms with Crippen LogP contribution in [0.1, 0.15) is 60.3 Å². The van der Waals surface area contributed by atoms with Crippen LogP contribution >= 0.6 is 0 Å². The summed E-state index contributed by atoms with van der Waals surface area (Å²) in [6.07, 6.45) is 2.37. The van der Waals surface area contributed by atoms with Crippen LogP contribution in [-0.2, 0) is 19.1 Å². The number of carbonyl (C=O) groups excluding carboxylic acids is 2. The minimum Gasteiger partial charge on any atom is -0.466 e. The first-order chi connectivity index (χ1) is 10.4. The predicted octanol–water partition coefficient (Wildman–Crippen LogP) is 3.48. The Morgan fingerprint density at radius 2 is 1.73 bits per heavy atom. The summed E-state index contributed by atoms with van der Waals surface area (Å²) in [7, 11) is 0. The normalized spacial score (nSPS) is 14.8. The second-order valence-electron chi connectivity index (χ2n) is 5.85. The molecule has 0 heterocycles. The maximum Gasteiger partial charge on any atom is 0.327 e. The molecule has 0 fully saturated rings. The molecular weight excluding hydrogens is 282 g/mol. The Labute approximate surface area is 134 Å². The molecule has 0 rings (SSSR count). The Kier molecular flexibility index (Phi) is 9.48. The number of esters is 2. The molecule has 5 heteroatoms. The second-order valence-corrected chi connectivity index (χ2v) is 5.85. The molecule has 126 valence electrons. The third kappa shape index (κ3) is 5.32. The summed E-state index contributed by atoms with van der Waals surface area (Å²) >= 11 is 0. The van der Waals surface area contributed by atoms with Gasteiger partial charge in [-0.3, -0.25) is 9.59 Å². The van der Waals surface area contributed by atoms with Gasteiger partial charge < -0.3 is 9.47 Å². The molecule has 0 saturated carbocycles. The number of hydrogen-bond donors (Lipinski definition) is 0. The van der Waals surface area contributed by atoms with Crippen LogP contribution in [-0.4, -0.2) is 25.2 Å². The van der Waals surface area contributed by atoms with Crippen molar-refractivity contribution in [1.82, 2.24) is 0 Å². The zero-order valence-corrected chi connectivity index (χ0v) is 14.5. The smallest absolute Gasteiger partial charge is 0.327 e. The predicted molar refractivity (Wildman–Crippen MR) is 83.8 cm³/mol. The summed E-state index contributed by atoms with van der Waals surface area (Å²) in [5.41, 5.74) is -1.47. The lowest BCUT2D eigenvalue weighted by Gasteiger charge is -2.32. The van der Waals surface area contributed by atoms with Gasteiger partial charge in [0.05, 0.1) is 25.2 Å². The van der Waals surface area contributed by atoms with Crippen molar-refractivity contribution < 1.29 is 19.1 Å². The maximum atomic E-state index is 12.5. The highest BCUT2D eigenvalue weighted by molar-refractivity contribution is 5.88. The highest BCUT2D eigenvalue weighted by Gasteiger charge is 2.51. The first-order valence-corrected chi connectivity index (χ1v) is 8.14. The molecule has 0 N–H and O–H groups in total. The minimum atomic E-state index is -1.47. The van der Waals surface area contributed by atoms with Crippen molar-refractivity contribution in [3.63, 3.8) is 0 Å². The summed E-state index contributed by atoms with van der Waals surface area (Å²) in [6, 6.07) is 2.10. The third-order valence-electron chi connectivity index (χ3n) is 3.58. The Morgan fingerprint density at radius 1 is 1.14 bits per heavy atom. The molecule has 5 nitrogen and oxygen atoms in total. The lowest BCUT2D eigenvalue weighted by Crippen LogP contribution is -2.44. The van der Waals surface area contributed by atoms with Crippen molar-refractivity contribution in [2.24, 2.45) is 17.3 Å². The highest BCUT2D eigenvalue weighted by atomic mass is 16.5. The molecule has 0 bridgehead atoms. The van der Waals surface area contributed by atoms with E-state index in [1.807, 2.05) is 20.8 Å². The Balaban J connectivity index is 5.74. The molecule has 0 aliphatic carbocycles. The molecule has 0 spiro atoms. The topological polar surface area (TPSA) is 76.4 Å². The number of nitrogens with zero attached hydrogens (tertiary/aromatic N) is 1. The minimum absolute atomic E-state index is 0.0857. The van der Waals surface area contributed by atoms with Gasteiger partial charge >= 0.3 is 11.9 Å². The van der Waals surface area contributed by atoms with Gasteiger partial charge in [0, 0.05) is 0 Å². The van der Waals surface area contributed by atoms with Gasteiger partial charge in [0.1, 0.15) is 0 Å². The first kappa shape index (κ1) is 20.4. The van der Waals surface area contributed by atoms with Gasteiger partial charge in [0.25, 0.3) is 0 Å². The Hall–Kier alpha value is -1.57. The van der Waals surface area contributed by atoms with E-state index < -0.39 is 23.3 Å². The van der Waals surface area contributed by atoms with Crippen LogP contribution < -0.4 is 0 Å². The molecule has 22 heavy (non-hydrogen) atoms. The van der Waals surface area contributed by atoms with E-state index in [9.17, 15) is 14.9 Å². The molecule has 0 saturated heterocycles. The van der Waals surface area contributed by atoms with Crippen molar-refractivity contribution in [2.45, 2.75) is 60.3 Å². The quantitative estimate of drug-likeness (QED) is 0.577. The first-order valence-electron chi connectivity index (χ1n) is 8.14. The van der Waals surface area contributed by atoms with E-state index in [2.05, 4.69) is 6.07 Å². The van der Waals surface area contributed by atoms with Gasteiger partial charge in [-0.2, -0.15) is 5.26 Å². The van der Waals surface area contributed by atoms with Crippen LogP contribution in [0, 0.1) is 28.6 Å². The largest absolute Gasteiger partial charge is 0.466 e. The zero-order valence-electron chi connectivity index (χ0n) is 14.5. The summed E-state index contributed by atoms with van der Waals surface area (Å²) in [5, 5.41) is 9.75. The number of rotatable bonds is 10. The van der Waals surface area contributed by atoms with Crippen LogP contribution in [0.25, 0.3) is 0 Å². The summed E-state index contributed by atoms with van der Waals surface area (Å²) in [4.78, 5) is 24.9. The van der Waals surface area contributed by atoms with Gasteiger partial charge in [0.15, 0.2) is 5.41 Å². The number of nitriles is 1. The molecule has 0 aromatic rings. The van der Waals surface area contributed by atoms with Crippen LogP contribution in [0.3, 0.4) is 0 Å². The average molecular weight is 311 g/mol. The van der Waals surface area contributed by atoms with E-state index in [0.29, 0.717) is 6.42 Å². The van der Waals surface area contributed by atoms with Crippen LogP contribution in [0.15, 0.2) is 0 Å². The van der Waals surface area contributed by atoms with E-state index in [1.165, 1.54) is 0 Å². The lowest BCUT2D eigenvalue weighted by atomic mass is 9.69. The molecule has 2 atom stereocenters. The maximum absolute atomic E-state index is 12.5. The van der Waals surface area contributed by atoms with Gasteiger partial charge in [-0.1, -0.05) is 33.6 Å². The molecule has 0 aliphatic heterocycles. The Morgan fingerprint density at radius 3 is 2.14 bits per heavy atom. The van der Waals surface area contributed by atoms with Gasteiger partial charge in [-0.25, -0.2) is 0 Å². The number of unbranched alkanes of at least 4 members (excludes halogenated alkanes) is 1. The standard InChI is InChI=1S/C17H29NO4/c1-6-9-10-14(15(19)21-7-2)17(12-18,11-13(4)5)16(20)22-8-3/h13-14H,6-11H2,1-5H3. The van der Waals surface area contributed by atoms with Crippen LogP contribution in [0.2, 0.25) is 0 Å². The molecule has 2 unspecified atom stereocenters. The van der Waals surface area contributed by atoms with Gasteiger partial charge in [-0.05, 0) is 32.6 Å². The SMILES string of the molecule is CCCCC(C(=O)OCC)C(C#N)(CC(C)C)C(=O)OCC. The van der Waals surface area contributed by atoms with E-state index in [1.54, 1.807) is 13.8 Å². The van der Waals surface area contributed by atoms with Crippen LogP contribution in [0.5, 0.6) is 0 Å².